The molecule has 3 aromatic rings. The SMILES string of the molecule is C/N=C/c1cc(C)ccc1Pc1cc(OC)ccc1OCc1ccccc1. The number of aryl methyl sites for hydroxylation is 1. The van der Waals surface area contributed by atoms with E-state index in [0.717, 1.165) is 27.9 Å². The second-order valence-corrected chi connectivity index (χ2v) is 7.57. The maximum absolute atomic E-state index is 6.14. The molecule has 3 nitrogen and oxygen atoms in total. The fourth-order valence-electron chi connectivity index (χ4n) is 2.78. The van der Waals surface area contributed by atoms with Crippen molar-refractivity contribution in [2.45, 2.75) is 13.5 Å². The summed E-state index contributed by atoms with van der Waals surface area (Å²) in [6.45, 7) is 2.64. The summed E-state index contributed by atoms with van der Waals surface area (Å²) >= 11 is 0. The van der Waals surface area contributed by atoms with E-state index in [0.29, 0.717) is 15.2 Å². The van der Waals surface area contributed by atoms with Gasteiger partial charge in [-0.2, -0.15) is 0 Å². The smallest absolute Gasteiger partial charge is 0.127 e. The third-order valence-electron chi connectivity index (χ3n) is 4.17. The zero-order valence-electron chi connectivity index (χ0n) is 15.9. The standard InChI is InChI=1S/C23H24NO2P/c1-17-9-12-22(19(13-17)15-24-2)27-23-14-20(25-3)10-11-21(23)26-16-18-7-5-4-6-8-18/h4-15,27H,16H2,1-3H3/b24-15+. The molecule has 1 atom stereocenters. The molecule has 0 aliphatic carbocycles. The first-order chi connectivity index (χ1) is 13.2. The molecule has 3 aromatic carbocycles. The van der Waals surface area contributed by atoms with Gasteiger partial charge in [0.2, 0.25) is 0 Å². The van der Waals surface area contributed by atoms with Crippen molar-refractivity contribution in [2.75, 3.05) is 14.2 Å². The van der Waals surface area contributed by atoms with Crippen LogP contribution >= 0.6 is 8.58 Å². The van der Waals surface area contributed by atoms with Crippen molar-refractivity contribution in [1.82, 2.24) is 0 Å². The molecular formula is C23H24NO2P. The van der Waals surface area contributed by atoms with Crippen molar-refractivity contribution in [2.24, 2.45) is 4.99 Å². The number of nitrogens with zero attached hydrogens (tertiary/aromatic N) is 1. The number of ether oxygens (including phenoxy) is 2. The zero-order valence-corrected chi connectivity index (χ0v) is 16.9. The normalized spacial score (nSPS) is 11.4. The lowest BCUT2D eigenvalue weighted by Crippen LogP contribution is -2.12. The van der Waals surface area contributed by atoms with Crippen LogP contribution in [0.1, 0.15) is 16.7 Å². The first-order valence-corrected chi connectivity index (χ1v) is 9.84. The van der Waals surface area contributed by atoms with Gasteiger partial charge in [0.15, 0.2) is 0 Å². The van der Waals surface area contributed by atoms with Crippen LogP contribution in [0.25, 0.3) is 0 Å². The second-order valence-electron chi connectivity index (χ2n) is 6.24. The second kappa shape index (κ2) is 9.34. The largest absolute Gasteiger partial charge is 0.497 e. The number of aliphatic imine (C=N–C) groups is 1. The molecule has 0 spiro atoms. The van der Waals surface area contributed by atoms with Gasteiger partial charge in [-0.25, -0.2) is 0 Å². The molecule has 3 rings (SSSR count). The third kappa shape index (κ3) is 5.18. The van der Waals surface area contributed by atoms with Gasteiger partial charge in [-0.15, -0.1) is 0 Å². The summed E-state index contributed by atoms with van der Waals surface area (Å²) < 4.78 is 11.6. The molecule has 0 N–H and O–H groups in total. The predicted molar refractivity (Wildman–Crippen MR) is 116 cm³/mol. The molecule has 0 aliphatic rings. The van der Waals surface area contributed by atoms with E-state index in [9.17, 15) is 0 Å². The fourth-order valence-corrected chi connectivity index (χ4v) is 4.01. The van der Waals surface area contributed by atoms with E-state index in [2.05, 4.69) is 48.3 Å². The summed E-state index contributed by atoms with van der Waals surface area (Å²) in [6.07, 6.45) is 1.92. The molecule has 4 heteroatoms. The highest BCUT2D eigenvalue weighted by molar-refractivity contribution is 7.56. The Labute approximate surface area is 162 Å². The molecule has 138 valence electrons. The minimum Gasteiger partial charge on any atom is -0.497 e. The summed E-state index contributed by atoms with van der Waals surface area (Å²) in [4.78, 5) is 4.20. The van der Waals surface area contributed by atoms with Crippen molar-refractivity contribution in [1.29, 1.82) is 0 Å². The van der Waals surface area contributed by atoms with Gasteiger partial charge in [0, 0.05) is 24.1 Å². The van der Waals surface area contributed by atoms with E-state index in [4.69, 9.17) is 9.47 Å². The van der Waals surface area contributed by atoms with Crippen LogP contribution in [0, 0.1) is 6.92 Å². The lowest BCUT2D eigenvalue weighted by Gasteiger charge is -2.15. The monoisotopic (exact) mass is 377 g/mol. The fraction of sp³-hybridized carbons (Fsp3) is 0.174. The van der Waals surface area contributed by atoms with Crippen LogP contribution in [0.15, 0.2) is 71.7 Å². The average Bonchev–Trinajstić information content (AvgIpc) is 2.70. The minimum atomic E-state index is 0.451. The van der Waals surface area contributed by atoms with Gasteiger partial charge in [0.1, 0.15) is 18.1 Å². The molecule has 0 saturated heterocycles. The molecule has 0 radical (unpaired) electrons. The lowest BCUT2D eigenvalue weighted by molar-refractivity contribution is 0.308. The van der Waals surface area contributed by atoms with Crippen LogP contribution in [0.5, 0.6) is 11.5 Å². The van der Waals surface area contributed by atoms with Gasteiger partial charge >= 0.3 is 0 Å². The van der Waals surface area contributed by atoms with Crippen molar-refractivity contribution < 1.29 is 9.47 Å². The Morgan fingerprint density at radius 3 is 2.52 bits per heavy atom. The highest BCUT2D eigenvalue weighted by atomic mass is 31.1. The van der Waals surface area contributed by atoms with Gasteiger partial charge < -0.3 is 9.47 Å². The maximum Gasteiger partial charge on any atom is 0.127 e. The zero-order chi connectivity index (χ0) is 19.1. The summed E-state index contributed by atoms with van der Waals surface area (Å²) in [5, 5.41) is 2.36. The van der Waals surface area contributed by atoms with Gasteiger partial charge in [0.05, 0.1) is 7.11 Å². The van der Waals surface area contributed by atoms with E-state index in [-0.39, 0.29) is 0 Å². The van der Waals surface area contributed by atoms with E-state index < -0.39 is 0 Å². The molecule has 0 amide bonds. The van der Waals surface area contributed by atoms with Gasteiger partial charge in [-0.3, -0.25) is 4.99 Å². The van der Waals surface area contributed by atoms with Crippen LogP contribution in [-0.2, 0) is 6.61 Å². The summed E-state index contributed by atoms with van der Waals surface area (Å²) in [5.41, 5.74) is 3.52. The molecule has 1 unspecified atom stereocenters. The maximum atomic E-state index is 6.14. The van der Waals surface area contributed by atoms with Crippen LogP contribution in [0.3, 0.4) is 0 Å². The predicted octanol–water partition coefficient (Wildman–Crippen LogP) is 4.26. The molecule has 0 aliphatic heterocycles. The van der Waals surface area contributed by atoms with Gasteiger partial charge in [0.25, 0.3) is 0 Å². The Balaban J connectivity index is 1.89. The number of hydrogen-bond acceptors (Lipinski definition) is 3. The van der Waals surface area contributed by atoms with Crippen molar-refractivity contribution >= 4 is 25.4 Å². The summed E-state index contributed by atoms with van der Waals surface area (Å²) in [5.74, 6) is 1.72. The van der Waals surface area contributed by atoms with E-state index in [1.807, 2.05) is 36.5 Å². The topological polar surface area (TPSA) is 30.8 Å². The Bertz CT molecular complexity index is 923. The molecule has 0 bridgehead atoms. The number of methoxy groups -OCH3 is 1. The number of hydrogen-bond donors (Lipinski definition) is 0. The molecule has 0 heterocycles. The van der Waals surface area contributed by atoms with Gasteiger partial charge in [-0.1, -0.05) is 56.6 Å². The van der Waals surface area contributed by atoms with E-state index in [1.165, 1.54) is 10.9 Å². The Kier molecular flexibility index (Phi) is 6.62. The van der Waals surface area contributed by atoms with Crippen LogP contribution in [0.2, 0.25) is 0 Å². The Morgan fingerprint density at radius 1 is 0.963 bits per heavy atom. The summed E-state index contributed by atoms with van der Waals surface area (Å²) in [7, 11) is 3.94. The van der Waals surface area contributed by atoms with Crippen molar-refractivity contribution in [3.05, 3.63) is 83.4 Å². The molecular weight excluding hydrogens is 353 g/mol. The molecule has 0 aromatic heterocycles. The third-order valence-corrected chi connectivity index (χ3v) is 5.55. The minimum absolute atomic E-state index is 0.451. The van der Waals surface area contributed by atoms with Crippen molar-refractivity contribution in [3.63, 3.8) is 0 Å². The molecule has 0 fully saturated rings. The highest BCUT2D eigenvalue weighted by Crippen LogP contribution is 2.25. The van der Waals surface area contributed by atoms with Crippen LogP contribution in [-0.4, -0.2) is 20.4 Å². The number of rotatable bonds is 7. The Morgan fingerprint density at radius 2 is 1.78 bits per heavy atom. The van der Waals surface area contributed by atoms with E-state index >= 15 is 0 Å². The van der Waals surface area contributed by atoms with Crippen LogP contribution in [0.4, 0.5) is 0 Å². The van der Waals surface area contributed by atoms with Gasteiger partial charge in [-0.05, 0) is 42.1 Å². The summed E-state index contributed by atoms with van der Waals surface area (Å²) in [6, 6.07) is 22.7. The highest BCUT2D eigenvalue weighted by Gasteiger charge is 2.10. The average molecular weight is 377 g/mol. The molecule has 27 heavy (non-hydrogen) atoms. The Hall–Kier alpha value is -2.64. The van der Waals surface area contributed by atoms with Crippen LogP contribution < -0.4 is 20.1 Å². The molecule has 0 saturated carbocycles. The first kappa shape index (κ1) is 19.1. The van der Waals surface area contributed by atoms with Crippen molar-refractivity contribution in [3.8, 4) is 11.5 Å². The lowest BCUT2D eigenvalue weighted by atomic mass is 10.1. The first-order valence-electron chi connectivity index (χ1n) is 8.84. The number of benzene rings is 3. The van der Waals surface area contributed by atoms with E-state index in [1.54, 1.807) is 14.2 Å². The quantitative estimate of drug-likeness (QED) is 0.455.